The van der Waals surface area contributed by atoms with Gasteiger partial charge in [-0.05, 0) is 25.5 Å². The van der Waals surface area contributed by atoms with Crippen molar-refractivity contribution in [2.75, 3.05) is 5.32 Å². The number of aromatic nitrogens is 4. The van der Waals surface area contributed by atoms with E-state index in [2.05, 4.69) is 31.8 Å². The molecule has 3 aromatic rings. The maximum atomic E-state index is 12.4. The fraction of sp³-hybridized carbons (Fsp3) is 0.353. The molecule has 1 amide bonds. The largest absolute Gasteiger partial charge is 0.346 e. The lowest BCUT2D eigenvalue weighted by Gasteiger charge is -2.16. The number of nitrogens with one attached hydrogen (secondary N) is 2. The molecule has 0 aromatic carbocycles. The second-order valence-corrected chi connectivity index (χ2v) is 5.74. The number of carbonyl (C=O) groups excluding carboxylic acids is 1. The van der Waals surface area contributed by atoms with Crippen LogP contribution >= 0.6 is 0 Å². The molecule has 3 aromatic heterocycles. The van der Waals surface area contributed by atoms with Gasteiger partial charge in [-0.15, -0.1) is 0 Å². The molecule has 0 aliphatic carbocycles. The van der Waals surface area contributed by atoms with E-state index in [-0.39, 0.29) is 11.9 Å². The Morgan fingerprint density at radius 1 is 1.43 bits per heavy atom. The Balaban J connectivity index is 1.72. The smallest absolute Gasteiger partial charge is 0.226 e. The van der Waals surface area contributed by atoms with Crippen LogP contribution in [-0.4, -0.2) is 25.4 Å². The molecule has 23 heavy (non-hydrogen) atoms. The molecule has 1 atom stereocenters. The maximum Gasteiger partial charge on any atom is 0.226 e. The van der Waals surface area contributed by atoms with Crippen LogP contribution in [0.5, 0.6) is 0 Å². The van der Waals surface area contributed by atoms with Gasteiger partial charge in [0.25, 0.3) is 0 Å². The number of pyridine rings is 1. The lowest BCUT2D eigenvalue weighted by molar-refractivity contribution is -0.116. The van der Waals surface area contributed by atoms with E-state index in [0.717, 1.165) is 34.5 Å². The molecule has 0 aliphatic heterocycles. The summed E-state index contributed by atoms with van der Waals surface area (Å²) in [4.78, 5) is 24.1. The van der Waals surface area contributed by atoms with Crippen molar-refractivity contribution >= 4 is 22.6 Å². The molecule has 6 nitrogen and oxygen atoms in total. The normalized spacial score (nSPS) is 12.5. The highest BCUT2D eigenvalue weighted by Crippen LogP contribution is 2.23. The second kappa shape index (κ2) is 6.24. The summed E-state index contributed by atoms with van der Waals surface area (Å²) in [5.74, 6) is 0.977. The van der Waals surface area contributed by atoms with Gasteiger partial charge in [0.15, 0.2) is 0 Å². The van der Waals surface area contributed by atoms with Gasteiger partial charge in [-0.2, -0.15) is 0 Å². The summed E-state index contributed by atoms with van der Waals surface area (Å²) in [5.41, 5.74) is 2.62. The van der Waals surface area contributed by atoms with Crippen LogP contribution in [-0.2, 0) is 11.2 Å². The van der Waals surface area contributed by atoms with Gasteiger partial charge in [-0.1, -0.05) is 6.92 Å². The number of amides is 1. The molecule has 3 heterocycles. The van der Waals surface area contributed by atoms with Crippen molar-refractivity contribution in [1.29, 1.82) is 0 Å². The first-order valence-corrected chi connectivity index (χ1v) is 7.84. The first-order chi connectivity index (χ1) is 11.1. The number of H-pyrrole nitrogens is 1. The van der Waals surface area contributed by atoms with Gasteiger partial charge in [-0.25, -0.2) is 9.97 Å². The lowest BCUT2D eigenvalue weighted by Crippen LogP contribution is -2.19. The van der Waals surface area contributed by atoms with Crippen molar-refractivity contribution in [2.24, 2.45) is 0 Å². The predicted octanol–water partition coefficient (Wildman–Crippen LogP) is 3.22. The van der Waals surface area contributed by atoms with Gasteiger partial charge in [0.1, 0.15) is 11.5 Å². The summed E-state index contributed by atoms with van der Waals surface area (Å²) in [6, 6.07) is 2.03. The summed E-state index contributed by atoms with van der Waals surface area (Å²) in [6.45, 7) is 6.08. The Kier molecular flexibility index (Phi) is 4.14. The van der Waals surface area contributed by atoms with Crippen LogP contribution in [0.2, 0.25) is 0 Å². The van der Waals surface area contributed by atoms with Gasteiger partial charge in [-0.3, -0.25) is 4.79 Å². The molecule has 0 saturated carbocycles. The Morgan fingerprint density at radius 3 is 3.04 bits per heavy atom. The van der Waals surface area contributed by atoms with Gasteiger partial charge in [0.2, 0.25) is 5.91 Å². The minimum atomic E-state index is -0.0203. The SMILES string of the molecule is CCc1nccn1C(C)CC(=O)Nc1cnc2[nH]ccc2c1C. The lowest BCUT2D eigenvalue weighted by atomic mass is 10.1. The van der Waals surface area contributed by atoms with E-state index < -0.39 is 0 Å². The molecule has 3 rings (SSSR count). The summed E-state index contributed by atoms with van der Waals surface area (Å²) >= 11 is 0. The van der Waals surface area contributed by atoms with Crippen molar-refractivity contribution in [2.45, 2.75) is 39.7 Å². The highest BCUT2D eigenvalue weighted by molar-refractivity contribution is 5.95. The van der Waals surface area contributed by atoms with Crippen molar-refractivity contribution in [3.05, 3.63) is 42.2 Å². The van der Waals surface area contributed by atoms with Gasteiger partial charge in [0, 0.05) is 42.9 Å². The molecule has 120 valence electrons. The molecular weight excluding hydrogens is 290 g/mol. The minimum absolute atomic E-state index is 0.0203. The fourth-order valence-electron chi connectivity index (χ4n) is 2.85. The van der Waals surface area contributed by atoms with E-state index >= 15 is 0 Å². The summed E-state index contributed by atoms with van der Waals surface area (Å²) in [5, 5.41) is 4.00. The van der Waals surface area contributed by atoms with Crippen LogP contribution < -0.4 is 5.32 Å². The molecule has 0 fully saturated rings. The maximum absolute atomic E-state index is 12.4. The first kappa shape index (κ1) is 15.3. The zero-order valence-electron chi connectivity index (χ0n) is 13.6. The zero-order chi connectivity index (χ0) is 16.4. The van der Waals surface area contributed by atoms with Crippen LogP contribution in [0, 0.1) is 6.92 Å². The fourth-order valence-corrected chi connectivity index (χ4v) is 2.85. The van der Waals surface area contributed by atoms with E-state index in [1.165, 1.54) is 0 Å². The summed E-state index contributed by atoms with van der Waals surface area (Å²) in [7, 11) is 0. The Morgan fingerprint density at radius 2 is 2.26 bits per heavy atom. The third kappa shape index (κ3) is 2.97. The monoisotopic (exact) mass is 311 g/mol. The number of aryl methyl sites for hydroxylation is 2. The second-order valence-electron chi connectivity index (χ2n) is 5.74. The van der Waals surface area contributed by atoms with Gasteiger partial charge >= 0.3 is 0 Å². The molecule has 0 aliphatic rings. The Labute approximate surface area is 135 Å². The van der Waals surface area contributed by atoms with E-state index in [1.54, 1.807) is 12.4 Å². The van der Waals surface area contributed by atoms with Gasteiger partial charge < -0.3 is 14.9 Å². The highest BCUT2D eigenvalue weighted by atomic mass is 16.1. The standard InChI is InChI=1S/C17H21N5O/c1-4-15-18-7-8-22(15)11(2)9-16(23)21-14-10-20-17-13(12(14)3)5-6-19-17/h5-8,10-11H,4,9H2,1-3H3,(H,19,20)(H,21,23). The number of hydrogen-bond acceptors (Lipinski definition) is 3. The number of anilines is 1. The number of carbonyl (C=O) groups is 1. The third-order valence-corrected chi connectivity index (χ3v) is 4.15. The van der Waals surface area contributed by atoms with E-state index in [0.29, 0.717) is 6.42 Å². The van der Waals surface area contributed by atoms with Crippen LogP contribution in [0.1, 0.15) is 37.7 Å². The van der Waals surface area contributed by atoms with Crippen LogP contribution in [0.15, 0.2) is 30.9 Å². The molecule has 0 saturated heterocycles. The molecular formula is C17H21N5O. The van der Waals surface area contributed by atoms with Crippen molar-refractivity contribution in [3.63, 3.8) is 0 Å². The van der Waals surface area contributed by atoms with Crippen molar-refractivity contribution in [3.8, 4) is 0 Å². The Hall–Kier alpha value is -2.63. The topological polar surface area (TPSA) is 75.6 Å². The molecule has 0 spiro atoms. The van der Waals surface area contributed by atoms with E-state index in [4.69, 9.17) is 0 Å². The quantitative estimate of drug-likeness (QED) is 0.759. The predicted molar refractivity (Wildman–Crippen MR) is 90.4 cm³/mol. The van der Waals surface area contributed by atoms with Crippen LogP contribution in [0.3, 0.4) is 0 Å². The molecule has 0 bridgehead atoms. The summed E-state index contributed by atoms with van der Waals surface area (Å²) < 4.78 is 2.06. The van der Waals surface area contributed by atoms with Crippen molar-refractivity contribution in [1.82, 2.24) is 19.5 Å². The average Bonchev–Trinajstić information content (AvgIpc) is 3.18. The minimum Gasteiger partial charge on any atom is -0.346 e. The first-order valence-electron chi connectivity index (χ1n) is 7.84. The number of nitrogens with zero attached hydrogens (tertiary/aromatic N) is 3. The van der Waals surface area contributed by atoms with Crippen LogP contribution in [0.4, 0.5) is 5.69 Å². The summed E-state index contributed by atoms with van der Waals surface area (Å²) in [6.07, 6.45) is 8.51. The zero-order valence-corrected chi connectivity index (χ0v) is 13.6. The number of hydrogen-bond donors (Lipinski definition) is 2. The van der Waals surface area contributed by atoms with Crippen molar-refractivity contribution < 1.29 is 4.79 Å². The molecule has 6 heteroatoms. The Bertz CT molecular complexity index is 832. The number of rotatable bonds is 5. The number of imidazole rings is 1. The van der Waals surface area contributed by atoms with E-state index in [1.807, 2.05) is 32.3 Å². The van der Waals surface area contributed by atoms with Crippen LogP contribution in [0.25, 0.3) is 11.0 Å². The van der Waals surface area contributed by atoms with E-state index in [9.17, 15) is 4.79 Å². The number of aromatic amines is 1. The number of fused-ring (bicyclic) bond motifs is 1. The third-order valence-electron chi connectivity index (χ3n) is 4.15. The van der Waals surface area contributed by atoms with Gasteiger partial charge in [0.05, 0.1) is 11.9 Å². The molecule has 1 unspecified atom stereocenters. The molecule has 0 radical (unpaired) electrons. The average molecular weight is 311 g/mol. The highest BCUT2D eigenvalue weighted by Gasteiger charge is 2.15. The molecule has 2 N–H and O–H groups in total.